The standard InChI is InChI=1S/C26H29FN6O3/c1-3-9-32-24-22(25(34)33(10-4-2)26(32)35)13-23(29-24)18-14-28-31(15-18)16-20-12-21(36-30-20)11-17-5-7-19(27)8-6-17/h5-8,14-15,21H,3-4,9-13,16H2,1-2H3. The average molecular weight is 493 g/mol. The van der Waals surface area contributed by atoms with Crippen LogP contribution in [-0.4, -0.2) is 36.4 Å². The normalized spacial score (nSPS) is 16.6. The van der Waals surface area contributed by atoms with E-state index in [0.717, 1.165) is 29.0 Å². The molecule has 2 aromatic heterocycles. The highest BCUT2D eigenvalue weighted by atomic mass is 19.1. The third kappa shape index (κ3) is 4.67. The lowest BCUT2D eigenvalue weighted by Crippen LogP contribution is -2.41. The highest BCUT2D eigenvalue weighted by Crippen LogP contribution is 2.26. The third-order valence-corrected chi connectivity index (χ3v) is 6.45. The second-order valence-electron chi connectivity index (χ2n) is 9.27. The Kier molecular flexibility index (Phi) is 6.67. The number of halogens is 1. The number of aliphatic imine (C=N–C) groups is 1. The molecule has 0 N–H and O–H groups in total. The molecule has 1 unspecified atom stereocenters. The SMILES string of the molecule is CCCn1c2c(c(=O)n(CCC)c1=O)CC(c1cnn(CC3=NOC(Cc4ccc(F)cc4)C3)c1)=N2. The van der Waals surface area contributed by atoms with Crippen LogP contribution in [0.1, 0.15) is 49.8 Å². The van der Waals surface area contributed by atoms with Gasteiger partial charge in [-0.3, -0.25) is 18.6 Å². The van der Waals surface area contributed by atoms with Crippen molar-refractivity contribution >= 4 is 17.2 Å². The van der Waals surface area contributed by atoms with Gasteiger partial charge < -0.3 is 4.84 Å². The van der Waals surface area contributed by atoms with Crippen LogP contribution in [0.3, 0.4) is 0 Å². The van der Waals surface area contributed by atoms with Crippen molar-refractivity contribution in [2.75, 3.05) is 0 Å². The zero-order valence-electron chi connectivity index (χ0n) is 20.5. The molecule has 0 aliphatic carbocycles. The molecule has 9 nitrogen and oxygen atoms in total. The first-order valence-electron chi connectivity index (χ1n) is 12.4. The van der Waals surface area contributed by atoms with E-state index in [1.807, 2.05) is 20.0 Å². The molecule has 0 amide bonds. The summed E-state index contributed by atoms with van der Waals surface area (Å²) in [6.07, 6.45) is 6.69. The molecule has 0 bridgehead atoms. The maximum absolute atomic E-state index is 13.1. The Morgan fingerprint density at radius 1 is 1.08 bits per heavy atom. The molecule has 3 aromatic rings. The summed E-state index contributed by atoms with van der Waals surface area (Å²) >= 11 is 0. The highest BCUT2D eigenvalue weighted by molar-refractivity contribution is 6.05. The minimum Gasteiger partial charge on any atom is -0.392 e. The van der Waals surface area contributed by atoms with Gasteiger partial charge in [0, 0.05) is 44.1 Å². The molecule has 188 valence electrons. The predicted octanol–water partition coefficient (Wildman–Crippen LogP) is 3.23. The molecule has 2 aliphatic rings. The lowest BCUT2D eigenvalue weighted by Gasteiger charge is -2.12. The van der Waals surface area contributed by atoms with Crippen molar-refractivity contribution in [1.29, 1.82) is 0 Å². The molecular formula is C26H29FN6O3. The van der Waals surface area contributed by atoms with E-state index in [4.69, 9.17) is 9.83 Å². The topological polar surface area (TPSA) is 95.8 Å². The van der Waals surface area contributed by atoms with Gasteiger partial charge in [0.25, 0.3) is 5.56 Å². The lowest BCUT2D eigenvalue weighted by atomic mass is 10.0. The van der Waals surface area contributed by atoms with Crippen LogP contribution < -0.4 is 11.2 Å². The van der Waals surface area contributed by atoms with Crippen LogP contribution in [0.4, 0.5) is 10.2 Å². The van der Waals surface area contributed by atoms with E-state index in [1.165, 1.54) is 16.7 Å². The van der Waals surface area contributed by atoms with E-state index in [9.17, 15) is 14.0 Å². The number of nitrogens with zero attached hydrogens (tertiary/aromatic N) is 6. The van der Waals surface area contributed by atoms with Gasteiger partial charge in [-0.2, -0.15) is 5.10 Å². The second-order valence-corrected chi connectivity index (χ2v) is 9.27. The van der Waals surface area contributed by atoms with E-state index >= 15 is 0 Å². The van der Waals surface area contributed by atoms with Crippen molar-refractivity contribution < 1.29 is 9.23 Å². The summed E-state index contributed by atoms with van der Waals surface area (Å²) in [7, 11) is 0. The summed E-state index contributed by atoms with van der Waals surface area (Å²) in [6.45, 7) is 5.33. The first kappa shape index (κ1) is 23.9. The van der Waals surface area contributed by atoms with E-state index in [-0.39, 0.29) is 23.2 Å². The first-order valence-corrected chi connectivity index (χ1v) is 12.4. The fourth-order valence-corrected chi connectivity index (χ4v) is 4.73. The molecule has 1 aromatic carbocycles. The summed E-state index contributed by atoms with van der Waals surface area (Å²) in [4.78, 5) is 36.2. The van der Waals surface area contributed by atoms with Crippen molar-refractivity contribution in [3.63, 3.8) is 0 Å². The minimum atomic E-state index is -0.294. The molecular weight excluding hydrogens is 463 g/mol. The van der Waals surface area contributed by atoms with Gasteiger partial charge in [0.15, 0.2) is 0 Å². The fourth-order valence-electron chi connectivity index (χ4n) is 4.73. The summed E-state index contributed by atoms with van der Waals surface area (Å²) in [5.74, 6) is 0.215. The monoisotopic (exact) mass is 492 g/mol. The fraction of sp³-hybridized carbons (Fsp3) is 0.423. The first-order chi connectivity index (χ1) is 17.5. The number of rotatable bonds is 9. The molecule has 0 fully saturated rings. The van der Waals surface area contributed by atoms with Gasteiger partial charge in [-0.15, -0.1) is 0 Å². The molecule has 0 radical (unpaired) electrons. The zero-order valence-corrected chi connectivity index (χ0v) is 20.5. The molecule has 10 heteroatoms. The summed E-state index contributed by atoms with van der Waals surface area (Å²) in [5.41, 5.74) is 3.43. The maximum atomic E-state index is 13.1. The van der Waals surface area contributed by atoms with Gasteiger partial charge in [-0.25, -0.2) is 14.2 Å². The van der Waals surface area contributed by atoms with Crippen LogP contribution in [-0.2, 0) is 37.3 Å². The highest BCUT2D eigenvalue weighted by Gasteiger charge is 2.27. The Morgan fingerprint density at radius 2 is 1.83 bits per heavy atom. The number of fused-ring (bicyclic) bond motifs is 1. The zero-order chi connectivity index (χ0) is 25.2. The Balaban J connectivity index is 1.29. The number of oxime groups is 1. The van der Waals surface area contributed by atoms with Gasteiger partial charge in [0.1, 0.15) is 17.7 Å². The molecule has 5 rings (SSSR count). The smallest absolute Gasteiger partial charge is 0.332 e. The van der Waals surface area contributed by atoms with Crippen LogP contribution in [0.15, 0.2) is 56.4 Å². The molecule has 2 aliphatic heterocycles. The average Bonchev–Trinajstić information content (AvgIpc) is 3.61. The van der Waals surface area contributed by atoms with Crippen molar-refractivity contribution in [2.24, 2.45) is 10.1 Å². The molecule has 0 saturated heterocycles. The van der Waals surface area contributed by atoms with E-state index in [1.54, 1.807) is 27.6 Å². The van der Waals surface area contributed by atoms with Crippen LogP contribution in [0.2, 0.25) is 0 Å². The summed E-state index contributed by atoms with van der Waals surface area (Å²) in [5, 5.41) is 8.67. The summed E-state index contributed by atoms with van der Waals surface area (Å²) in [6, 6.07) is 6.41. The second kappa shape index (κ2) is 10.0. The third-order valence-electron chi connectivity index (χ3n) is 6.45. The lowest BCUT2D eigenvalue weighted by molar-refractivity contribution is 0.0858. The maximum Gasteiger partial charge on any atom is 0.332 e. The van der Waals surface area contributed by atoms with Crippen LogP contribution in [0, 0.1) is 5.82 Å². The minimum absolute atomic E-state index is 0.0882. The van der Waals surface area contributed by atoms with Crippen molar-refractivity contribution in [2.45, 2.75) is 71.7 Å². The van der Waals surface area contributed by atoms with Crippen LogP contribution in [0.25, 0.3) is 0 Å². The largest absolute Gasteiger partial charge is 0.392 e. The van der Waals surface area contributed by atoms with E-state index < -0.39 is 0 Å². The predicted molar refractivity (Wildman–Crippen MR) is 135 cm³/mol. The van der Waals surface area contributed by atoms with E-state index in [2.05, 4.69) is 10.3 Å². The van der Waals surface area contributed by atoms with Crippen molar-refractivity contribution in [3.8, 4) is 0 Å². The Bertz CT molecular complexity index is 1450. The van der Waals surface area contributed by atoms with Gasteiger partial charge in [-0.05, 0) is 30.5 Å². The Hall–Kier alpha value is -3.82. The quantitative estimate of drug-likeness (QED) is 0.458. The molecule has 36 heavy (non-hydrogen) atoms. The number of benzene rings is 1. The number of hydrogen-bond donors (Lipinski definition) is 0. The molecule has 0 saturated carbocycles. The number of aromatic nitrogens is 4. The van der Waals surface area contributed by atoms with E-state index in [0.29, 0.717) is 56.7 Å². The van der Waals surface area contributed by atoms with Gasteiger partial charge in [0.05, 0.1) is 29.7 Å². The van der Waals surface area contributed by atoms with Gasteiger partial charge in [0.2, 0.25) is 0 Å². The van der Waals surface area contributed by atoms with Crippen LogP contribution >= 0.6 is 0 Å². The van der Waals surface area contributed by atoms with Gasteiger partial charge >= 0.3 is 5.69 Å². The summed E-state index contributed by atoms with van der Waals surface area (Å²) < 4.78 is 17.9. The Morgan fingerprint density at radius 3 is 2.58 bits per heavy atom. The van der Waals surface area contributed by atoms with Crippen molar-refractivity contribution in [3.05, 3.63) is 80.0 Å². The van der Waals surface area contributed by atoms with Crippen molar-refractivity contribution in [1.82, 2.24) is 18.9 Å². The molecule has 4 heterocycles. The van der Waals surface area contributed by atoms with Gasteiger partial charge in [-0.1, -0.05) is 31.1 Å². The Labute approximate surface area is 207 Å². The number of hydrogen-bond acceptors (Lipinski definition) is 6. The van der Waals surface area contributed by atoms with Crippen LogP contribution in [0.5, 0.6) is 0 Å². The molecule has 1 atom stereocenters. The molecule has 0 spiro atoms.